The summed E-state index contributed by atoms with van der Waals surface area (Å²) in [4.78, 5) is 2.65. The van der Waals surface area contributed by atoms with Crippen molar-refractivity contribution in [3.8, 4) is 11.1 Å². The number of hydrogen-bond donors (Lipinski definition) is 1. The molecule has 1 atom stereocenters. The van der Waals surface area contributed by atoms with Gasteiger partial charge in [0.15, 0.2) is 0 Å². The van der Waals surface area contributed by atoms with E-state index in [1.54, 1.807) is 0 Å². The Labute approximate surface area is 169 Å². The second-order valence-electron chi connectivity index (χ2n) is 7.89. The molecular formula is C26H30N2. The maximum absolute atomic E-state index is 3.55. The Hall–Kier alpha value is -2.42. The van der Waals surface area contributed by atoms with E-state index in [0.29, 0.717) is 6.04 Å². The Balaban J connectivity index is 1.73. The molecule has 2 heteroatoms. The molecule has 0 saturated carbocycles. The van der Waals surface area contributed by atoms with Crippen molar-refractivity contribution in [1.29, 1.82) is 0 Å². The number of rotatable bonds is 4. The maximum Gasteiger partial charge on any atom is 0.0604 e. The lowest BCUT2D eigenvalue weighted by atomic mass is 9.91. The summed E-state index contributed by atoms with van der Waals surface area (Å²) in [6.45, 7) is 8.83. The summed E-state index contributed by atoms with van der Waals surface area (Å²) in [5.41, 5.74) is 8.09. The van der Waals surface area contributed by atoms with Crippen molar-refractivity contribution in [3.63, 3.8) is 0 Å². The molecule has 0 amide bonds. The Morgan fingerprint density at radius 1 is 0.786 bits per heavy atom. The zero-order valence-corrected chi connectivity index (χ0v) is 17.0. The Morgan fingerprint density at radius 3 is 2.32 bits per heavy atom. The molecule has 28 heavy (non-hydrogen) atoms. The van der Waals surface area contributed by atoms with Gasteiger partial charge in [-0.3, -0.25) is 4.90 Å². The first kappa shape index (κ1) is 18.9. The van der Waals surface area contributed by atoms with Gasteiger partial charge in [0.2, 0.25) is 0 Å². The highest BCUT2D eigenvalue weighted by atomic mass is 15.2. The average Bonchev–Trinajstić information content (AvgIpc) is 3.01. The smallest absolute Gasteiger partial charge is 0.0604 e. The molecule has 0 radical (unpaired) electrons. The number of aryl methyl sites for hydroxylation is 2. The standard InChI is InChI=1S/C26H30N2/c1-20-9-10-21(2)25(19-20)26(28-17-6-15-27-16-18-28)24-13-11-23(12-14-24)22-7-4-3-5-8-22/h3-5,7-14,19,26-27H,6,15-18H2,1-2H3. The fraction of sp³-hybridized carbons (Fsp3) is 0.308. The van der Waals surface area contributed by atoms with Gasteiger partial charge in [0.05, 0.1) is 6.04 Å². The van der Waals surface area contributed by atoms with E-state index in [2.05, 4.69) is 96.9 Å². The zero-order chi connectivity index (χ0) is 19.3. The van der Waals surface area contributed by atoms with E-state index in [9.17, 15) is 0 Å². The third-order valence-corrected chi connectivity index (χ3v) is 5.80. The molecule has 0 aliphatic carbocycles. The predicted octanol–water partition coefficient (Wildman–Crippen LogP) is 5.36. The molecule has 1 N–H and O–H groups in total. The summed E-state index contributed by atoms with van der Waals surface area (Å²) < 4.78 is 0. The lowest BCUT2D eigenvalue weighted by Crippen LogP contribution is -2.33. The molecule has 3 aromatic carbocycles. The van der Waals surface area contributed by atoms with Crippen molar-refractivity contribution in [2.75, 3.05) is 26.2 Å². The molecule has 1 aliphatic rings. The fourth-order valence-electron chi connectivity index (χ4n) is 4.25. The molecule has 0 spiro atoms. The van der Waals surface area contributed by atoms with Gasteiger partial charge in [0, 0.05) is 19.6 Å². The van der Waals surface area contributed by atoms with E-state index in [4.69, 9.17) is 0 Å². The van der Waals surface area contributed by atoms with Crippen molar-refractivity contribution in [2.24, 2.45) is 0 Å². The molecule has 4 rings (SSSR count). The first-order valence-corrected chi connectivity index (χ1v) is 10.4. The van der Waals surface area contributed by atoms with Gasteiger partial charge >= 0.3 is 0 Å². The molecule has 1 saturated heterocycles. The van der Waals surface area contributed by atoms with Crippen LogP contribution < -0.4 is 5.32 Å². The van der Waals surface area contributed by atoms with Gasteiger partial charge in [0.25, 0.3) is 0 Å². The Bertz CT molecular complexity index is 891. The van der Waals surface area contributed by atoms with Crippen LogP contribution in [-0.2, 0) is 0 Å². The van der Waals surface area contributed by atoms with E-state index in [1.165, 1.54) is 39.8 Å². The lowest BCUT2D eigenvalue weighted by Gasteiger charge is -2.32. The molecule has 1 unspecified atom stereocenters. The van der Waals surface area contributed by atoms with Crippen LogP contribution in [-0.4, -0.2) is 31.1 Å². The first-order chi connectivity index (χ1) is 13.7. The van der Waals surface area contributed by atoms with Gasteiger partial charge < -0.3 is 5.32 Å². The lowest BCUT2D eigenvalue weighted by molar-refractivity contribution is 0.240. The minimum Gasteiger partial charge on any atom is -0.315 e. The highest BCUT2D eigenvalue weighted by Gasteiger charge is 2.24. The van der Waals surface area contributed by atoms with E-state index >= 15 is 0 Å². The topological polar surface area (TPSA) is 15.3 Å². The van der Waals surface area contributed by atoms with Crippen molar-refractivity contribution in [2.45, 2.75) is 26.3 Å². The van der Waals surface area contributed by atoms with Crippen LogP contribution in [0.15, 0.2) is 72.8 Å². The molecule has 3 aromatic rings. The maximum atomic E-state index is 3.55. The summed E-state index contributed by atoms with van der Waals surface area (Å²) in [6, 6.07) is 27.0. The highest BCUT2D eigenvalue weighted by molar-refractivity contribution is 5.63. The molecule has 144 valence electrons. The molecule has 1 fully saturated rings. The van der Waals surface area contributed by atoms with Crippen molar-refractivity contribution in [1.82, 2.24) is 10.2 Å². The molecule has 0 aromatic heterocycles. The van der Waals surface area contributed by atoms with Gasteiger partial charge in [0.1, 0.15) is 0 Å². The van der Waals surface area contributed by atoms with E-state index < -0.39 is 0 Å². The van der Waals surface area contributed by atoms with E-state index in [0.717, 1.165) is 26.2 Å². The summed E-state index contributed by atoms with van der Waals surface area (Å²) in [5.74, 6) is 0. The highest BCUT2D eigenvalue weighted by Crippen LogP contribution is 2.33. The van der Waals surface area contributed by atoms with Crippen LogP contribution in [0.5, 0.6) is 0 Å². The first-order valence-electron chi connectivity index (χ1n) is 10.4. The number of hydrogen-bond acceptors (Lipinski definition) is 2. The van der Waals surface area contributed by atoms with E-state index in [1.807, 2.05) is 0 Å². The van der Waals surface area contributed by atoms with Crippen molar-refractivity contribution in [3.05, 3.63) is 95.1 Å². The molecule has 2 nitrogen and oxygen atoms in total. The molecule has 1 heterocycles. The quantitative estimate of drug-likeness (QED) is 0.665. The minimum atomic E-state index is 0.310. The Kier molecular flexibility index (Phi) is 5.90. The third-order valence-electron chi connectivity index (χ3n) is 5.80. The Morgan fingerprint density at radius 2 is 1.54 bits per heavy atom. The van der Waals surface area contributed by atoms with Gasteiger partial charge in [-0.15, -0.1) is 0 Å². The third kappa shape index (κ3) is 4.19. The van der Waals surface area contributed by atoms with Crippen LogP contribution >= 0.6 is 0 Å². The summed E-state index contributed by atoms with van der Waals surface area (Å²) in [7, 11) is 0. The molecular weight excluding hydrogens is 340 g/mol. The second-order valence-corrected chi connectivity index (χ2v) is 7.89. The summed E-state index contributed by atoms with van der Waals surface area (Å²) in [6.07, 6.45) is 1.20. The van der Waals surface area contributed by atoms with Gasteiger partial charge in [-0.1, -0.05) is 78.4 Å². The molecule has 0 bridgehead atoms. The summed E-state index contributed by atoms with van der Waals surface area (Å²) in [5, 5.41) is 3.55. The van der Waals surface area contributed by atoms with E-state index in [-0.39, 0.29) is 0 Å². The van der Waals surface area contributed by atoms with Crippen LogP contribution in [0.25, 0.3) is 11.1 Å². The predicted molar refractivity (Wildman–Crippen MR) is 119 cm³/mol. The average molecular weight is 371 g/mol. The summed E-state index contributed by atoms with van der Waals surface area (Å²) >= 11 is 0. The van der Waals surface area contributed by atoms with Crippen LogP contribution in [0.1, 0.15) is 34.7 Å². The van der Waals surface area contributed by atoms with Crippen molar-refractivity contribution >= 4 is 0 Å². The number of benzene rings is 3. The van der Waals surface area contributed by atoms with Crippen LogP contribution in [0.4, 0.5) is 0 Å². The van der Waals surface area contributed by atoms with Crippen LogP contribution in [0.3, 0.4) is 0 Å². The minimum absolute atomic E-state index is 0.310. The van der Waals surface area contributed by atoms with Gasteiger partial charge in [-0.25, -0.2) is 0 Å². The van der Waals surface area contributed by atoms with Crippen molar-refractivity contribution < 1.29 is 0 Å². The monoisotopic (exact) mass is 370 g/mol. The van der Waals surface area contributed by atoms with Crippen LogP contribution in [0.2, 0.25) is 0 Å². The van der Waals surface area contributed by atoms with Crippen LogP contribution in [0, 0.1) is 13.8 Å². The van der Waals surface area contributed by atoms with Gasteiger partial charge in [-0.2, -0.15) is 0 Å². The number of nitrogens with zero attached hydrogens (tertiary/aromatic N) is 1. The SMILES string of the molecule is Cc1ccc(C)c(C(c2ccc(-c3ccccc3)cc2)N2CCCNCC2)c1. The fourth-order valence-corrected chi connectivity index (χ4v) is 4.25. The normalized spacial score (nSPS) is 16.5. The number of nitrogens with one attached hydrogen (secondary N) is 1. The zero-order valence-electron chi connectivity index (χ0n) is 17.0. The van der Waals surface area contributed by atoms with Gasteiger partial charge in [-0.05, 0) is 54.6 Å². The largest absolute Gasteiger partial charge is 0.315 e. The molecule has 1 aliphatic heterocycles. The second kappa shape index (κ2) is 8.72.